The second-order valence-electron chi connectivity index (χ2n) is 5.49. The number of amides is 2. The van der Waals surface area contributed by atoms with Gasteiger partial charge in [-0.25, -0.2) is 4.39 Å². The number of carbonyl (C=O) groups is 2. The Hall–Kier alpha value is -2.21. The van der Waals surface area contributed by atoms with Crippen LogP contribution in [0.5, 0.6) is 0 Å². The van der Waals surface area contributed by atoms with Gasteiger partial charge in [0.05, 0.1) is 4.88 Å². The molecule has 0 spiro atoms. The Labute approximate surface area is 137 Å². The van der Waals surface area contributed by atoms with E-state index in [1.165, 1.54) is 23.5 Å². The fourth-order valence-corrected chi connectivity index (χ4v) is 3.46. The Morgan fingerprint density at radius 3 is 2.83 bits per heavy atom. The van der Waals surface area contributed by atoms with Gasteiger partial charge in [-0.15, -0.1) is 11.3 Å². The van der Waals surface area contributed by atoms with Crippen molar-refractivity contribution < 1.29 is 14.0 Å². The van der Waals surface area contributed by atoms with Gasteiger partial charge < -0.3 is 10.2 Å². The van der Waals surface area contributed by atoms with Crippen LogP contribution >= 0.6 is 11.3 Å². The van der Waals surface area contributed by atoms with E-state index in [4.69, 9.17) is 0 Å². The molecule has 0 bridgehead atoms. The molecule has 1 saturated heterocycles. The van der Waals surface area contributed by atoms with Gasteiger partial charge in [0.25, 0.3) is 5.91 Å². The van der Waals surface area contributed by atoms with Crippen LogP contribution in [0.3, 0.4) is 0 Å². The van der Waals surface area contributed by atoms with Gasteiger partial charge in [0, 0.05) is 12.2 Å². The van der Waals surface area contributed by atoms with Crippen molar-refractivity contribution >= 4 is 28.8 Å². The number of likely N-dealkylation sites (tertiary alicyclic amines) is 1. The number of rotatable bonds is 3. The number of piperidine rings is 1. The highest BCUT2D eigenvalue weighted by Crippen LogP contribution is 2.23. The molecule has 1 N–H and O–H groups in total. The summed E-state index contributed by atoms with van der Waals surface area (Å²) < 4.78 is 13.2. The lowest BCUT2D eigenvalue weighted by atomic mass is 10.0. The fourth-order valence-electron chi connectivity index (χ4n) is 2.78. The number of carbonyl (C=O) groups excluding carboxylic acids is 2. The molecule has 1 unspecified atom stereocenters. The van der Waals surface area contributed by atoms with E-state index < -0.39 is 11.9 Å². The first-order chi connectivity index (χ1) is 11.1. The predicted octanol–water partition coefficient (Wildman–Crippen LogP) is 3.52. The van der Waals surface area contributed by atoms with Gasteiger partial charge in [0.2, 0.25) is 5.91 Å². The van der Waals surface area contributed by atoms with E-state index >= 15 is 0 Å². The third-order valence-electron chi connectivity index (χ3n) is 3.89. The zero-order valence-corrected chi connectivity index (χ0v) is 13.3. The van der Waals surface area contributed by atoms with Gasteiger partial charge in [0.1, 0.15) is 11.9 Å². The van der Waals surface area contributed by atoms with Gasteiger partial charge in [0.15, 0.2) is 0 Å². The summed E-state index contributed by atoms with van der Waals surface area (Å²) in [6.45, 7) is 0.567. The number of benzene rings is 1. The summed E-state index contributed by atoms with van der Waals surface area (Å²) in [5.74, 6) is -0.780. The molecule has 120 valence electrons. The lowest BCUT2D eigenvalue weighted by Crippen LogP contribution is -2.49. The first-order valence-electron chi connectivity index (χ1n) is 7.56. The molecule has 0 aliphatic carbocycles. The van der Waals surface area contributed by atoms with Crippen molar-refractivity contribution in [2.75, 3.05) is 11.9 Å². The van der Waals surface area contributed by atoms with E-state index in [9.17, 15) is 14.0 Å². The molecular formula is C17H17FN2O2S. The van der Waals surface area contributed by atoms with Crippen LogP contribution in [0.15, 0.2) is 41.8 Å². The molecule has 1 fully saturated rings. The zero-order valence-electron chi connectivity index (χ0n) is 12.5. The van der Waals surface area contributed by atoms with E-state index in [-0.39, 0.29) is 11.8 Å². The Balaban J connectivity index is 1.75. The van der Waals surface area contributed by atoms with Crippen molar-refractivity contribution in [1.82, 2.24) is 4.90 Å². The van der Waals surface area contributed by atoms with Crippen LogP contribution in [-0.4, -0.2) is 29.3 Å². The second-order valence-corrected chi connectivity index (χ2v) is 6.43. The Bertz CT molecular complexity index is 702. The summed E-state index contributed by atoms with van der Waals surface area (Å²) in [5, 5.41) is 4.56. The minimum absolute atomic E-state index is 0.112. The molecule has 1 aliphatic heterocycles. The van der Waals surface area contributed by atoms with Crippen molar-refractivity contribution in [3.05, 3.63) is 52.5 Å². The molecule has 6 heteroatoms. The fraction of sp³-hybridized carbons (Fsp3) is 0.294. The minimum atomic E-state index is -0.512. The largest absolute Gasteiger partial charge is 0.326 e. The smallest absolute Gasteiger partial charge is 0.264 e. The lowest BCUT2D eigenvalue weighted by molar-refractivity contribution is -0.121. The SMILES string of the molecule is O=C(Nc1cccc(F)c1)C1CCCCN1C(=O)c1cccs1. The maximum Gasteiger partial charge on any atom is 0.264 e. The van der Waals surface area contributed by atoms with Gasteiger partial charge in [-0.05, 0) is 48.9 Å². The number of nitrogens with one attached hydrogen (secondary N) is 1. The summed E-state index contributed by atoms with van der Waals surface area (Å²) in [6.07, 6.45) is 2.41. The third kappa shape index (κ3) is 3.59. The maximum atomic E-state index is 13.2. The highest BCUT2D eigenvalue weighted by atomic mass is 32.1. The average Bonchev–Trinajstić information content (AvgIpc) is 3.08. The number of thiophene rings is 1. The monoisotopic (exact) mass is 332 g/mol. The molecule has 0 radical (unpaired) electrons. The summed E-state index contributed by atoms with van der Waals surface area (Å²) in [4.78, 5) is 27.4. The van der Waals surface area contributed by atoms with Crippen LogP contribution < -0.4 is 5.32 Å². The zero-order chi connectivity index (χ0) is 16.2. The number of hydrogen-bond acceptors (Lipinski definition) is 3. The number of nitrogens with zero attached hydrogens (tertiary/aromatic N) is 1. The first kappa shape index (κ1) is 15.7. The van der Waals surface area contributed by atoms with E-state index in [0.717, 1.165) is 12.8 Å². The lowest BCUT2D eigenvalue weighted by Gasteiger charge is -2.34. The molecule has 0 saturated carbocycles. The van der Waals surface area contributed by atoms with E-state index in [1.54, 1.807) is 23.1 Å². The quantitative estimate of drug-likeness (QED) is 0.935. The van der Waals surface area contributed by atoms with Crippen LogP contribution in [-0.2, 0) is 4.79 Å². The molecule has 23 heavy (non-hydrogen) atoms. The topological polar surface area (TPSA) is 49.4 Å². The van der Waals surface area contributed by atoms with E-state index in [2.05, 4.69) is 5.32 Å². The van der Waals surface area contributed by atoms with Crippen molar-refractivity contribution in [1.29, 1.82) is 0 Å². The number of halogens is 1. The van der Waals surface area contributed by atoms with Crippen molar-refractivity contribution in [3.8, 4) is 0 Å². The Morgan fingerprint density at radius 2 is 2.09 bits per heavy atom. The summed E-state index contributed by atoms with van der Waals surface area (Å²) in [7, 11) is 0. The number of anilines is 1. The van der Waals surface area contributed by atoms with Crippen molar-refractivity contribution in [2.24, 2.45) is 0 Å². The summed E-state index contributed by atoms with van der Waals surface area (Å²) in [5.41, 5.74) is 0.407. The molecule has 2 aromatic rings. The molecule has 1 aromatic carbocycles. The minimum Gasteiger partial charge on any atom is -0.326 e. The Morgan fingerprint density at radius 1 is 1.22 bits per heavy atom. The maximum absolute atomic E-state index is 13.2. The molecule has 1 atom stereocenters. The predicted molar refractivity (Wildman–Crippen MR) is 88.0 cm³/mol. The molecule has 1 aliphatic rings. The van der Waals surface area contributed by atoms with Crippen molar-refractivity contribution in [2.45, 2.75) is 25.3 Å². The molecule has 1 aromatic heterocycles. The third-order valence-corrected chi connectivity index (χ3v) is 4.75. The Kier molecular flexibility index (Phi) is 4.71. The van der Waals surface area contributed by atoms with Crippen LogP contribution in [0.2, 0.25) is 0 Å². The highest BCUT2D eigenvalue weighted by molar-refractivity contribution is 7.12. The van der Waals surface area contributed by atoms with Gasteiger partial charge >= 0.3 is 0 Å². The van der Waals surface area contributed by atoms with Gasteiger partial charge in [-0.2, -0.15) is 0 Å². The van der Waals surface area contributed by atoms with Gasteiger partial charge in [-0.3, -0.25) is 9.59 Å². The average molecular weight is 332 g/mol. The standard InChI is InChI=1S/C17H17FN2O2S/c18-12-5-3-6-13(11-12)19-16(21)14-7-1-2-9-20(14)17(22)15-8-4-10-23-15/h3-6,8,10-11,14H,1-2,7,9H2,(H,19,21). The molecule has 4 nitrogen and oxygen atoms in total. The van der Waals surface area contributed by atoms with Crippen LogP contribution in [0.1, 0.15) is 28.9 Å². The molecule has 3 rings (SSSR count). The first-order valence-corrected chi connectivity index (χ1v) is 8.44. The van der Waals surface area contributed by atoms with Crippen LogP contribution in [0.25, 0.3) is 0 Å². The van der Waals surface area contributed by atoms with Gasteiger partial charge in [-0.1, -0.05) is 12.1 Å². The van der Waals surface area contributed by atoms with Crippen LogP contribution in [0, 0.1) is 5.82 Å². The normalized spacial score (nSPS) is 17.8. The highest BCUT2D eigenvalue weighted by Gasteiger charge is 2.33. The molecule has 2 heterocycles. The van der Waals surface area contributed by atoms with Crippen molar-refractivity contribution in [3.63, 3.8) is 0 Å². The molecular weight excluding hydrogens is 315 g/mol. The van der Waals surface area contributed by atoms with E-state index in [1.807, 2.05) is 11.4 Å². The van der Waals surface area contributed by atoms with Crippen LogP contribution in [0.4, 0.5) is 10.1 Å². The van der Waals surface area contributed by atoms with E-state index in [0.29, 0.717) is 23.5 Å². The molecule has 2 amide bonds. The summed E-state index contributed by atoms with van der Waals surface area (Å²) in [6, 6.07) is 8.85. The summed E-state index contributed by atoms with van der Waals surface area (Å²) >= 11 is 1.37. The number of hydrogen-bond donors (Lipinski definition) is 1. The second kappa shape index (κ2) is 6.91.